The molecule has 1 aliphatic heterocycles. The van der Waals surface area contributed by atoms with Crippen molar-refractivity contribution in [3.8, 4) is 0 Å². The molecule has 22 heavy (non-hydrogen) atoms. The Hall–Kier alpha value is -1.77. The molecule has 0 saturated carbocycles. The number of fused-ring (bicyclic) bond motifs is 1. The second-order valence-corrected chi connectivity index (χ2v) is 6.33. The minimum atomic E-state index is -0.269. The van der Waals surface area contributed by atoms with Crippen LogP contribution in [0.1, 0.15) is 58.1 Å². The largest absolute Gasteiger partial charge is 0.463 e. The molecule has 0 radical (unpaired) electrons. The third-order valence-electron chi connectivity index (χ3n) is 4.37. The summed E-state index contributed by atoms with van der Waals surface area (Å²) >= 11 is 0. The van der Waals surface area contributed by atoms with E-state index in [4.69, 9.17) is 4.74 Å². The zero-order chi connectivity index (χ0) is 16.3. The average molecular weight is 301 g/mol. The molecule has 0 N–H and O–H groups in total. The molecule has 1 heterocycles. The fraction of sp³-hybridized carbons (Fsp3) is 0.526. The Labute approximate surface area is 134 Å². The summed E-state index contributed by atoms with van der Waals surface area (Å²) in [5, 5.41) is 0. The summed E-state index contributed by atoms with van der Waals surface area (Å²) in [5.41, 5.74) is 4.77. The first kappa shape index (κ1) is 16.6. The molecule has 1 aromatic carbocycles. The van der Waals surface area contributed by atoms with Gasteiger partial charge in [-0.15, -0.1) is 0 Å². The molecule has 0 bridgehead atoms. The summed E-state index contributed by atoms with van der Waals surface area (Å²) in [6, 6.07) is 7.05. The summed E-state index contributed by atoms with van der Waals surface area (Å²) in [5.74, 6) is 0.287. The topological polar surface area (TPSA) is 29.5 Å². The van der Waals surface area contributed by atoms with Crippen LogP contribution in [0, 0.1) is 0 Å². The first-order valence-electron chi connectivity index (χ1n) is 8.20. The highest BCUT2D eigenvalue weighted by atomic mass is 16.5. The first-order valence-corrected chi connectivity index (χ1v) is 8.20. The van der Waals surface area contributed by atoms with Gasteiger partial charge in [-0.3, -0.25) is 0 Å². The number of hydrogen-bond donors (Lipinski definition) is 0. The molecule has 2 rings (SSSR count). The minimum Gasteiger partial charge on any atom is -0.463 e. The Kier molecular flexibility index (Phi) is 5.28. The molecule has 0 amide bonds. The maximum Gasteiger partial charge on any atom is 0.331 e. The van der Waals surface area contributed by atoms with Gasteiger partial charge in [-0.2, -0.15) is 0 Å². The fourth-order valence-corrected chi connectivity index (χ4v) is 3.05. The Balaban J connectivity index is 2.34. The number of hydrogen-bond acceptors (Lipinski definition) is 3. The number of anilines is 1. The Morgan fingerprint density at radius 2 is 2.18 bits per heavy atom. The van der Waals surface area contributed by atoms with Crippen molar-refractivity contribution in [1.82, 2.24) is 0 Å². The van der Waals surface area contributed by atoms with E-state index in [1.807, 2.05) is 13.8 Å². The number of benzene rings is 1. The van der Waals surface area contributed by atoms with Gasteiger partial charge in [-0.05, 0) is 68.9 Å². The predicted molar refractivity (Wildman–Crippen MR) is 92.2 cm³/mol. The van der Waals surface area contributed by atoms with Gasteiger partial charge in [-0.1, -0.05) is 13.0 Å². The fourth-order valence-electron chi connectivity index (χ4n) is 3.05. The number of allylic oxidation sites excluding steroid dienone is 1. The van der Waals surface area contributed by atoms with Gasteiger partial charge in [0.25, 0.3) is 0 Å². The van der Waals surface area contributed by atoms with E-state index in [-0.39, 0.29) is 5.97 Å². The standard InChI is InChI=1S/C19H27NO2/c1-6-22-19(21)11-15(5)16-7-8-18-17(12-16)14(4)9-10-20(18)13(2)3/h7-8,11-14H,6,9-10H2,1-5H3. The Morgan fingerprint density at radius 3 is 2.82 bits per heavy atom. The highest BCUT2D eigenvalue weighted by molar-refractivity contribution is 5.91. The molecular weight excluding hydrogens is 274 g/mol. The lowest BCUT2D eigenvalue weighted by Gasteiger charge is -2.37. The molecule has 1 unspecified atom stereocenters. The van der Waals surface area contributed by atoms with Crippen LogP contribution in [0.15, 0.2) is 24.3 Å². The van der Waals surface area contributed by atoms with Gasteiger partial charge in [-0.25, -0.2) is 4.79 Å². The summed E-state index contributed by atoms with van der Waals surface area (Å²) in [4.78, 5) is 14.1. The van der Waals surface area contributed by atoms with E-state index in [1.165, 1.54) is 17.7 Å². The van der Waals surface area contributed by atoms with E-state index in [9.17, 15) is 4.79 Å². The number of carbonyl (C=O) groups is 1. The van der Waals surface area contributed by atoms with Crippen LogP contribution in [0.3, 0.4) is 0 Å². The van der Waals surface area contributed by atoms with Gasteiger partial charge in [0.05, 0.1) is 6.61 Å². The van der Waals surface area contributed by atoms with Gasteiger partial charge in [0.15, 0.2) is 0 Å². The van der Waals surface area contributed by atoms with Crippen molar-refractivity contribution in [3.63, 3.8) is 0 Å². The summed E-state index contributed by atoms with van der Waals surface area (Å²) in [6.45, 7) is 12.1. The van der Waals surface area contributed by atoms with E-state index in [2.05, 4.69) is 43.9 Å². The third-order valence-corrected chi connectivity index (χ3v) is 4.37. The molecular formula is C19H27NO2. The molecule has 1 aliphatic rings. The lowest BCUT2D eigenvalue weighted by atomic mass is 9.88. The van der Waals surface area contributed by atoms with Crippen LogP contribution in [-0.4, -0.2) is 25.2 Å². The monoisotopic (exact) mass is 301 g/mol. The number of nitrogens with zero attached hydrogens (tertiary/aromatic N) is 1. The van der Waals surface area contributed by atoms with Crippen LogP contribution in [0.5, 0.6) is 0 Å². The number of carbonyl (C=O) groups excluding carboxylic acids is 1. The maximum atomic E-state index is 11.6. The SMILES string of the molecule is CCOC(=O)C=C(C)c1ccc2c(c1)C(C)CCN2C(C)C. The molecule has 0 aliphatic carbocycles. The average Bonchev–Trinajstić information content (AvgIpc) is 2.47. The highest BCUT2D eigenvalue weighted by Crippen LogP contribution is 2.37. The van der Waals surface area contributed by atoms with Gasteiger partial charge in [0.2, 0.25) is 0 Å². The van der Waals surface area contributed by atoms with Crippen molar-refractivity contribution in [3.05, 3.63) is 35.4 Å². The molecule has 1 atom stereocenters. The lowest BCUT2D eigenvalue weighted by Crippen LogP contribution is -2.36. The van der Waals surface area contributed by atoms with Crippen LogP contribution < -0.4 is 4.90 Å². The lowest BCUT2D eigenvalue weighted by molar-refractivity contribution is -0.137. The second kappa shape index (κ2) is 6.99. The van der Waals surface area contributed by atoms with Gasteiger partial charge in [0.1, 0.15) is 0 Å². The van der Waals surface area contributed by atoms with Crippen LogP contribution in [0.25, 0.3) is 5.57 Å². The maximum absolute atomic E-state index is 11.6. The summed E-state index contributed by atoms with van der Waals surface area (Å²) in [7, 11) is 0. The number of rotatable bonds is 4. The smallest absolute Gasteiger partial charge is 0.331 e. The molecule has 120 valence electrons. The van der Waals surface area contributed by atoms with Crippen molar-refractivity contribution in [2.45, 2.75) is 53.0 Å². The molecule has 0 aromatic heterocycles. The zero-order valence-corrected chi connectivity index (χ0v) is 14.3. The quantitative estimate of drug-likeness (QED) is 0.611. The van der Waals surface area contributed by atoms with Crippen molar-refractivity contribution in [2.24, 2.45) is 0 Å². The van der Waals surface area contributed by atoms with E-state index in [0.29, 0.717) is 18.6 Å². The van der Waals surface area contributed by atoms with Gasteiger partial charge >= 0.3 is 5.97 Å². The van der Waals surface area contributed by atoms with E-state index >= 15 is 0 Å². The van der Waals surface area contributed by atoms with E-state index in [0.717, 1.165) is 17.7 Å². The van der Waals surface area contributed by atoms with Crippen LogP contribution in [0.4, 0.5) is 5.69 Å². The molecule has 3 nitrogen and oxygen atoms in total. The molecule has 3 heteroatoms. The minimum absolute atomic E-state index is 0.269. The van der Waals surface area contributed by atoms with Crippen molar-refractivity contribution >= 4 is 17.2 Å². The molecule has 0 spiro atoms. The van der Waals surface area contributed by atoms with Crippen molar-refractivity contribution < 1.29 is 9.53 Å². The third kappa shape index (κ3) is 3.52. The predicted octanol–water partition coefficient (Wildman–Crippen LogP) is 4.38. The second-order valence-electron chi connectivity index (χ2n) is 6.33. The van der Waals surface area contributed by atoms with Crippen LogP contribution in [0.2, 0.25) is 0 Å². The zero-order valence-electron chi connectivity index (χ0n) is 14.3. The highest BCUT2D eigenvalue weighted by Gasteiger charge is 2.24. The van der Waals surface area contributed by atoms with Crippen molar-refractivity contribution in [1.29, 1.82) is 0 Å². The Morgan fingerprint density at radius 1 is 1.45 bits per heavy atom. The summed E-state index contributed by atoms with van der Waals surface area (Å²) < 4.78 is 4.99. The number of esters is 1. The first-order chi connectivity index (χ1) is 10.4. The Bertz CT molecular complexity index is 575. The molecule has 0 saturated heterocycles. The van der Waals surface area contributed by atoms with Gasteiger partial charge < -0.3 is 9.64 Å². The summed E-state index contributed by atoms with van der Waals surface area (Å²) in [6.07, 6.45) is 2.76. The van der Waals surface area contributed by atoms with Gasteiger partial charge in [0, 0.05) is 24.4 Å². The van der Waals surface area contributed by atoms with Crippen LogP contribution in [-0.2, 0) is 9.53 Å². The molecule has 0 fully saturated rings. The van der Waals surface area contributed by atoms with E-state index < -0.39 is 0 Å². The van der Waals surface area contributed by atoms with Crippen LogP contribution >= 0.6 is 0 Å². The number of ether oxygens (including phenoxy) is 1. The van der Waals surface area contributed by atoms with Crippen molar-refractivity contribution in [2.75, 3.05) is 18.1 Å². The molecule has 1 aromatic rings. The normalized spacial score (nSPS) is 18.4. The van der Waals surface area contributed by atoms with E-state index in [1.54, 1.807) is 6.08 Å².